The summed E-state index contributed by atoms with van der Waals surface area (Å²) < 4.78 is 5.08. The maximum Gasteiger partial charge on any atom is 0.337 e. The molecular weight excluding hydrogens is 268 g/mol. The third kappa shape index (κ3) is 4.20. The van der Waals surface area contributed by atoms with E-state index in [0.29, 0.717) is 6.54 Å². The van der Waals surface area contributed by atoms with Crippen LogP contribution in [0.25, 0.3) is 0 Å². The van der Waals surface area contributed by atoms with E-state index in [9.17, 15) is 14.7 Å². The predicted octanol–water partition coefficient (Wildman–Crippen LogP) is 1.63. The third-order valence-corrected chi connectivity index (χ3v) is 3.44. The summed E-state index contributed by atoms with van der Waals surface area (Å²) >= 11 is 1.69. The first-order chi connectivity index (χ1) is 9.00. The Morgan fingerprint density at radius 1 is 1.53 bits per heavy atom. The van der Waals surface area contributed by atoms with Crippen LogP contribution in [0.2, 0.25) is 0 Å². The highest BCUT2D eigenvalue weighted by Crippen LogP contribution is 2.21. The van der Waals surface area contributed by atoms with Crippen molar-refractivity contribution < 1.29 is 19.1 Å². The zero-order valence-electron chi connectivity index (χ0n) is 10.9. The number of carbonyl (C=O) groups excluding carboxylic acids is 1. The van der Waals surface area contributed by atoms with Gasteiger partial charge in [0, 0.05) is 12.3 Å². The van der Waals surface area contributed by atoms with Crippen LogP contribution < -0.4 is 10.6 Å². The van der Waals surface area contributed by atoms with Gasteiger partial charge in [0.25, 0.3) is 0 Å². The summed E-state index contributed by atoms with van der Waals surface area (Å²) in [5.74, 6) is 0.760. The largest absolute Gasteiger partial charge is 0.479 e. The molecule has 0 fully saturated rings. The maximum atomic E-state index is 11.7. The number of hydrogen-bond acceptors (Lipinski definition) is 4. The van der Waals surface area contributed by atoms with Crippen molar-refractivity contribution in [1.29, 1.82) is 0 Å². The molecule has 106 valence electrons. The molecule has 19 heavy (non-hydrogen) atoms. The Morgan fingerprint density at radius 2 is 2.26 bits per heavy atom. The van der Waals surface area contributed by atoms with Crippen molar-refractivity contribution in [2.45, 2.75) is 19.4 Å². The number of thioether (sulfide) groups is 1. The lowest BCUT2D eigenvalue weighted by atomic mass is 9.99. The summed E-state index contributed by atoms with van der Waals surface area (Å²) in [7, 11) is 0. The summed E-state index contributed by atoms with van der Waals surface area (Å²) in [6.07, 6.45) is 1.37. The molecule has 1 atom stereocenters. The Kier molecular flexibility index (Phi) is 5.75. The predicted molar refractivity (Wildman–Crippen MR) is 73.2 cm³/mol. The van der Waals surface area contributed by atoms with Gasteiger partial charge in [-0.1, -0.05) is 6.92 Å². The summed E-state index contributed by atoms with van der Waals surface area (Å²) in [4.78, 5) is 23.0. The average molecular weight is 286 g/mol. The number of hydrogen-bond donors (Lipinski definition) is 3. The second-order valence-corrected chi connectivity index (χ2v) is 5.38. The van der Waals surface area contributed by atoms with E-state index in [1.54, 1.807) is 17.8 Å². The van der Waals surface area contributed by atoms with Crippen LogP contribution in [-0.2, 0) is 10.3 Å². The fraction of sp³-hybridized carbons (Fsp3) is 0.500. The minimum absolute atomic E-state index is 0.179. The molecule has 1 unspecified atom stereocenters. The summed E-state index contributed by atoms with van der Waals surface area (Å²) in [6.45, 7) is 3.90. The van der Waals surface area contributed by atoms with Crippen molar-refractivity contribution >= 4 is 23.8 Å². The molecule has 0 radical (unpaired) electrons. The molecule has 0 bridgehead atoms. The maximum absolute atomic E-state index is 11.7. The van der Waals surface area contributed by atoms with Gasteiger partial charge in [0.1, 0.15) is 5.76 Å². The molecule has 1 rings (SSSR count). The Hall–Kier alpha value is -1.63. The molecule has 0 aromatic carbocycles. The van der Waals surface area contributed by atoms with Crippen LogP contribution >= 0.6 is 11.8 Å². The topological polar surface area (TPSA) is 91.6 Å². The summed E-state index contributed by atoms with van der Waals surface area (Å²) in [5.41, 5.74) is -1.58. The van der Waals surface area contributed by atoms with E-state index in [-0.39, 0.29) is 5.76 Å². The van der Waals surface area contributed by atoms with Crippen LogP contribution in [-0.4, -0.2) is 35.2 Å². The minimum Gasteiger partial charge on any atom is -0.479 e. The number of nitrogens with one attached hydrogen (secondary N) is 2. The van der Waals surface area contributed by atoms with Gasteiger partial charge in [-0.2, -0.15) is 11.8 Å². The second kappa shape index (κ2) is 7.08. The zero-order valence-corrected chi connectivity index (χ0v) is 11.8. The van der Waals surface area contributed by atoms with Gasteiger partial charge >= 0.3 is 12.0 Å². The molecule has 1 aromatic rings. The molecule has 1 aromatic heterocycles. The van der Waals surface area contributed by atoms with Gasteiger partial charge in [0.2, 0.25) is 0 Å². The Labute approximate surface area is 115 Å². The van der Waals surface area contributed by atoms with E-state index in [2.05, 4.69) is 10.6 Å². The lowest BCUT2D eigenvalue weighted by Crippen LogP contribution is -2.53. The molecule has 1 heterocycles. The molecule has 0 saturated carbocycles. The van der Waals surface area contributed by atoms with Gasteiger partial charge in [-0.15, -0.1) is 0 Å². The molecule has 0 aliphatic rings. The molecule has 0 aliphatic heterocycles. The van der Waals surface area contributed by atoms with Crippen LogP contribution in [0, 0.1) is 0 Å². The lowest BCUT2D eigenvalue weighted by Gasteiger charge is -2.24. The Balaban J connectivity index is 2.60. The van der Waals surface area contributed by atoms with Crippen molar-refractivity contribution in [2.24, 2.45) is 0 Å². The number of rotatable bonds is 7. The first-order valence-electron chi connectivity index (χ1n) is 5.92. The van der Waals surface area contributed by atoms with E-state index < -0.39 is 17.5 Å². The van der Waals surface area contributed by atoms with Crippen molar-refractivity contribution in [1.82, 2.24) is 10.6 Å². The minimum atomic E-state index is -1.58. The van der Waals surface area contributed by atoms with Gasteiger partial charge in [-0.3, -0.25) is 0 Å². The molecule has 3 N–H and O–H groups in total. The number of furan rings is 1. The lowest BCUT2D eigenvalue weighted by molar-refractivity contribution is -0.144. The number of amides is 2. The van der Waals surface area contributed by atoms with Crippen molar-refractivity contribution in [2.75, 3.05) is 18.1 Å². The second-order valence-electron chi connectivity index (χ2n) is 3.99. The zero-order chi connectivity index (χ0) is 14.3. The number of urea groups is 1. The quantitative estimate of drug-likeness (QED) is 0.663. The van der Waals surface area contributed by atoms with E-state index >= 15 is 0 Å². The normalized spacial score (nSPS) is 13.6. The number of aliphatic carboxylic acids is 1. The van der Waals surface area contributed by atoms with Crippen LogP contribution in [0.5, 0.6) is 0 Å². The van der Waals surface area contributed by atoms with Gasteiger partial charge < -0.3 is 20.2 Å². The standard InChI is InChI=1S/C12H18N2O4S/c1-3-19-8-6-13-11(17)14-12(2,10(15)16)9-5-4-7-18-9/h4-5,7H,3,6,8H2,1-2H3,(H,15,16)(H2,13,14,17). The molecule has 0 aliphatic carbocycles. The highest BCUT2D eigenvalue weighted by molar-refractivity contribution is 7.99. The van der Waals surface area contributed by atoms with E-state index in [1.165, 1.54) is 19.3 Å². The van der Waals surface area contributed by atoms with Crippen LogP contribution in [0.4, 0.5) is 4.79 Å². The summed E-state index contributed by atoms with van der Waals surface area (Å²) in [6, 6.07) is 2.56. The number of carbonyl (C=O) groups is 2. The molecule has 0 saturated heterocycles. The molecule has 7 heteroatoms. The number of carboxylic acids is 1. The number of carboxylic acid groups (broad SMARTS) is 1. The molecule has 6 nitrogen and oxygen atoms in total. The fourth-order valence-corrected chi connectivity index (χ4v) is 1.97. The van der Waals surface area contributed by atoms with E-state index in [0.717, 1.165) is 11.5 Å². The SMILES string of the molecule is CCSCCNC(=O)NC(C)(C(=O)O)c1ccco1. The highest BCUT2D eigenvalue weighted by Gasteiger charge is 2.39. The van der Waals surface area contributed by atoms with E-state index in [4.69, 9.17) is 4.42 Å². The van der Waals surface area contributed by atoms with Crippen LogP contribution in [0.1, 0.15) is 19.6 Å². The average Bonchev–Trinajstić information content (AvgIpc) is 2.88. The first kappa shape index (κ1) is 15.4. The molecular formula is C12H18N2O4S. The third-order valence-electron chi connectivity index (χ3n) is 2.54. The fourth-order valence-electron chi connectivity index (χ4n) is 1.44. The van der Waals surface area contributed by atoms with Crippen LogP contribution in [0.3, 0.4) is 0 Å². The van der Waals surface area contributed by atoms with Gasteiger partial charge in [-0.05, 0) is 24.8 Å². The van der Waals surface area contributed by atoms with Gasteiger partial charge in [0.15, 0.2) is 5.54 Å². The van der Waals surface area contributed by atoms with Crippen molar-refractivity contribution in [3.05, 3.63) is 24.2 Å². The van der Waals surface area contributed by atoms with Gasteiger partial charge in [0.05, 0.1) is 6.26 Å². The van der Waals surface area contributed by atoms with E-state index in [1.807, 2.05) is 6.92 Å². The summed E-state index contributed by atoms with van der Waals surface area (Å²) in [5, 5.41) is 14.3. The van der Waals surface area contributed by atoms with Crippen LogP contribution in [0.15, 0.2) is 22.8 Å². The van der Waals surface area contributed by atoms with Crippen molar-refractivity contribution in [3.63, 3.8) is 0 Å². The van der Waals surface area contributed by atoms with Crippen molar-refractivity contribution in [3.8, 4) is 0 Å². The smallest absolute Gasteiger partial charge is 0.337 e. The first-order valence-corrected chi connectivity index (χ1v) is 7.07. The highest BCUT2D eigenvalue weighted by atomic mass is 32.2. The molecule has 2 amide bonds. The molecule has 0 spiro atoms. The monoisotopic (exact) mass is 286 g/mol. The Morgan fingerprint density at radius 3 is 2.79 bits per heavy atom. The Bertz CT molecular complexity index is 421. The van der Waals surface area contributed by atoms with Gasteiger partial charge in [-0.25, -0.2) is 9.59 Å².